The van der Waals surface area contributed by atoms with Crippen molar-refractivity contribution in [3.05, 3.63) is 113 Å². The van der Waals surface area contributed by atoms with Crippen LogP contribution in [0, 0.1) is 0 Å². The maximum Gasteiger partial charge on any atom is 0.330 e. The fraction of sp³-hybridized carbons (Fsp3) is 0.0968. The predicted octanol–water partition coefficient (Wildman–Crippen LogP) is 5.91. The lowest BCUT2D eigenvalue weighted by Gasteiger charge is -2.12. The lowest BCUT2D eigenvalue weighted by molar-refractivity contribution is 0.104. The number of ketones is 1. The zero-order chi connectivity index (χ0) is 26.6. The molecule has 0 aliphatic rings. The van der Waals surface area contributed by atoms with Gasteiger partial charge in [0.2, 0.25) is 5.75 Å². The highest BCUT2D eigenvalue weighted by molar-refractivity contribution is 6.07. The van der Waals surface area contributed by atoms with Crippen LogP contribution in [-0.2, 0) is 0 Å². The van der Waals surface area contributed by atoms with Crippen molar-refractivity contribution in [2.45, 2.75) is 0 Å². The number of H-pyrrole nitrogens is 1. The first-order chi connectivity index (χ1) is 18.5. The minimum Gasteiger partial charge on any atom is -0.493 e. The van der Waals surface area contributed by atoms with Crippen molar-refractivity contribution in [3.8, 4) is 34.2 Å². The summed E-state index contributed by atoms with van der Waals surface area (Å²) in [7, 11) is 4.61. The lowest BCUT2D eigenvalue weighted by atomic mass is 10.1. The second-order valence-electron chi connectivity index (χ2n) is 8.61. The monoisotopic (exact) mass is 506 g/mol. The van der Waals surface area contributed by atoms with E-state index in [1.807, 2.05) is 42.5 Å². The van der Waals surface area contributed by atoms with Crippen molar-refractivity contribution in [1.82, 2.24) is 9.55 Å². The Morgan fingerprint density at radius 3 is 2.26 bits per heavy atom. The third-order valence-electron chi connectivity index (χ3n) is 6.30. The molecule has 1 aromatic heterocycles. The third-order valence-corrected chi connectivity index (χ3v) is 6.30. The van der Waals surface area contributed by atoms with Gasteiger partial charge in [-0.15, -0.1) is 0 Å². The predicted molar refractivity (Wildman–Crippen MR) is 149 cm³/mol. The smallest absolute Gasteiger partial charge is 0.330 e. The first-order valence-electron chi connectivity index (χ1n) is 11.9. The summed E-state index contributed by atoms with van der Waals surface area (Å²) >= 11 is 0. The van der Waals surface area contributed by atoms with Crippen LogP contribution < -0.4 is 19.9 Å². The normalized spacial score (nSPS) is 11.1. The highest BCUT2D eigenvalue weighted by Crippen LogP contribution is 2.38. The molecule has 0 aliphatic heterocycles. The molecular weight excluding hydrogens is 480 g/mol. The maximum atomic E-state index is 13.0. The Labute approximate surface area is 219 Å². The molecule has 7 heteroatoms. The topological polar surface area (TPSA) is 82.6 Å². The molecule has 38 heavy (non-hydrogen) atoms. The van der Waals surface area contributed by atoms with Crippen LogP contribution >= 0.6 is 0 Å². The molecule has 0 radical (unpaired) electrons. The molecular formula is C31H26N2O5. The number of carbonyl (C=O) groups excluding carboxylic acids is 1. The Kier molecular flexibility index (Phi) is 6.82. The molecule has 0 aliphatic carbocycles. The Morgan fingerprint density at radius 2 is 1.55 bits per heavy atom. The molecule has 4 aromatic carbocycles. The van der Waals surface area contributed by atoms with Gasteiger partial charge in [0.15, 0.2) is 17.3 Å². The van der Waals surface area contributed by atoms with Crippen LogP contribution in [0.25, 0.3) is 33.8 Å². The van der Waals surface area contributed by atoms with E-state index in [0.717, 1.165) is 16.3 Å². The van der Waals surface area contributed by atoms with Gasteiger partial charge in [-0.2, -0.15) is 0 Å². The summed E-state index contributed by atoms with van der Waals surface area (Å²) in [6.45, 7) is 0. The molecule has 0 unspecified atom stereocenters. The van der Waals surface area contributed by atoms with Crippen LogP contribution in [0.4, 0.5) is 0 Å². The molecule has 0 amide bonds. The molecule has 0 fully saturated rings. The van der Waals surface area contributed by atoms with E-state index < -0.39 is 0 Å². The molecule has 0 bridgehead atoms. The van der Waals surface area contributed by atoms with Gasteiger partial charge in [0.25, 0.3) is 0 Å². The summed E-state index contributed by atoms with van der Waals surface area (Å²) in [5.74, 6) is 1.26. The standard InChI is InChI=1S/C31H26N2O5/c1-36-28-15-20(16-29(37-2)30(28)38-3)11-14-27(34)24-9-6-10-25(18-24)33-19-26(32-31(33)35)23-13-12-21-7-4-5-8-22(21)17-23/h4-19H,1-3H3,(H,32,35)/b14-11+. The number of aromatic amines is 1. The summed E-state index contributed by atoms with van der Waals surface area (Å²) in [6.07, 6.45) is 4.90. The summed E-state index contributed by atoms with van der Waals surface area (Å²) in [5.41, 5.74) is 3.06. The molecule has 0 spiro atoms. The van der Waals surface area contributed by atoms with Gasteiger partial charge in [0.05, 0.1) is 32.7 Å². The average molecular weight is 507 g/mol. The minimum atomic E-state index is -0.286. The van der Waals surface area contributed by atoms with Gasteiger partial charge in [-0.25, -0.2) is 4.79 Å². The van der Waals surface area contributed by atoms with Crippen molar-refractivity contribution >= 4 is 22.6 Å². The number of aromatic nitrogens is 2. The van der Waals surface area contributed by atoms with E-state index in [4.69, 9.17) is 14.2 Å². The number of ether oxygens (including phenoxy) is 3. The molecule has 5 aromatic rings. The van der Waals surface area contributed by atoms with E-state index in [0.29, 0.717) is 39.8 Å². The molecule has 190 valence electrons. The Bertz CT molecular complexity index is 1700. The first kappa shape index (κ1) is 24.6. The second kappa shape index (κ2) is 10.5. The number of rotatable bonds is 8. The maximum absolute atomic E-state index is 13.0. The van der Waals surface area contributed by atoms with Crippen molar-refractivity contribution in [2.24, 2.45) is 0 Å². The van der Waals surface area contributed by atoms with Gasteiger partial charge in [-0.3, -0.25) is 9.36 Å². The highest BCUT2D eigenvalue weighted by Gasteiger charge is 2.13. The number of nitrogens with zero attached hydrogens (tertiary/aromatic N) is 1. The van der Waals surface area contributed by atoms with E-state index in [9.17, 15) is 9.59 Å². The van der Waals surface area contributed by atoms with E-state index in [1.54, 1.807) is 48.7 Å². The molecule has 0 atom stereocenters. The summed E-state index contributed by atoms with van der Waals surface area (Å²) in [4.78, 5) is 28.7. The summed E-state index contributed by atoms with van der Waals surface area (Å²) in [5, 5.41) is 2.22. The molecule has 1 N–H and O–H groups in total. The zero-order valence-electron chi connectivity index (χ0n) is 21.2. The number of methoxy groups -OCH3 is 3. The first-order valence-corrected chi connectivity index (χ1v) is 11.9. The van der Waals surface area contributed by atoms with Crippen LogP contribution in [0.2, 0.25) is 0 Å². The number of nitrogens with one attached hydrogen (secondary N) is 1. The zero-order valence-corrected chi connectivity index (χ0v) is 21.2. The van der Waals surface area contributed by atoms with E-state index in [-0.39, 0.29) is 11.5 Å². The molecule has 0 saturated carbocycles. The van der Waals surface area contributed by atoms with Crippen LogP contribution in [0.3, 0.4) is 0 Å². The van der Waals surface area contributed by atoms with Gasteiger partial charge in [0.1, 0.15) is 0 Å². The third kappa shape index (κ3) is 4.82. The SMILES string of the molecule is COc1cc(/C=C/C(=O)c2cccc(-n3cc(-c4ccc5ccccc5c4)[nH]c3=O)c2)cc(OC)c1OC. The van der Waals surface area contributed by atoms with Gasteiger partial charge in [-0.1, -0.05) is 54.6 Å². The van der Waals surface area contributed by atoms with Crippen molar-refractivity contribution in [2.75, 3.05) is 21.3 Å². The number of fused-ring (bicyclic) bond motifs is 1. The van der Waals surface area contributed by atoms with Crippen LogP contribution in [0.1, 0.15) is 15.9 Å². The van der Waals surface area contributed by atoms with E-state index in [2.05, 4.69) is 4.98 Å². The fourth-order valence-corrected chi connectivity index (χ4v) is 4.37. The van der Waals surface area contributed by atoms with Crippen molar-refractivity contribution in [1.29, 1.82) is 0 Å². The van der Waals surface area contributed by atoms with E-state index >= 15 is 0 Å². The van der Waals surface area contributed by atoms with Crippen molar-refractivity contribution in [3.63, 3.8) is 0 Å². The van der Waals surface area contributed by atoms with Gasteiger partial charge >= 0.3 is 5.69 Å². The summed E-state index contributed by atoms with van der Waals surface area (Å²) in [6, 6.07) is 24.6. The number of hydrogen-bond donors (Lipinski definition) is 1. The number of allylic oxidation sites excluding steroid dienone is 1. The van der Waals surface area contributed by atoms with Crippen LogP contribution in [0.15, 0.2) is 95.9 Å². The van der Waals surface area contributed by atoms with Gasteiger partial charge in [0, 0.05) is 17.3 Å². The summed E-state index contributed by atoms with van der Waals surface area (Å²) < 4.78 is 17.6. The van der Waals surface area contributed by atoms with Gasteiger partial charge in [-0.05, 0) is 52.7 Å². The average Bonchev–Trinajstić information content (AvgIpc) is 3.36. The minimum absolute atomic E-state index is 0.209. The highest BCUT2D eigenvalue weighted by atomic mass is 16.5. The Hall–Kier alpha value is -5.04. The molecule has 1 heterocycles. The number of hydrogen-bond acceptors (Lipinski definition) is 5. The fourth-order valence-electron chi connectivity index (χ4n) is 4.37. The second-order valence-corrected chi connectivity index (χ2v) is 8.61. The Balaban J connectivity index is 1.42. The molecule has 7 nitrogen and oxygen atoms in total. The quantitative estimate of drug-likeness (QED) is 0.209. The van der Waals surface area contributed by atoms with E-state index in [1.165, 1.54) is 32.0 Å². The molecule has 5 rings (SSSR count). The van der Waals surface area contributed by atoms with Crippen LogP contribution in [-0.4, -0.2) is 36.7 Å². The number of benzene rings is 4. The molecule has 0 saturated heterocycles. The van der Waals surface area contributed by atoms with Crippen LogP contribution in [0.5, 0.6) is 17.2 Å². The van der Waals surface area contributed by atoms with Crippen molar-refractivity contribution < 1.29 is 19.0 Å². The number of imidazole rings is 1. The Morgan fingerprint density at radius 1 is 0.816 bits per heavy atom. The lowest BCUT2D eigenvalue weighted by Crippen LogP contribution is -2.14. The number of carbonyl (C=O) groups is 1. The largest absolute Gasteiger partial charge is 0.493 e. The van der Waals surface area contributed by atoms with Gasteiger partial charge < -0.3 is 19.2 Å².